The normalized spacial score (nSPS) is 14.6. The van der Waals surface area contributed by atoms with Gasteiger partial charge in [-0.15, -0.1) is 0 Å². The van der Waals surface area contributed by atoms with E-state index in [9.17, 15) is 9.18 Å². The number of ether oxygens (including phenoxy) is 1. The second-order valence-electron chi connectivity index (χ2n) is 7.61. The van der Waals surface area contributed by atoms with E-state index in [0.29, 0.717) is 18.7 Å². The number of carbonyl (C=O) groups is 1. The van der Waals surface area contributed by atoms with E-state index in [0.717, 1.165) is 50.5 Å². The highest BCUT2D eigenvalue weighted by molar-refractivity contribution is 5.94. The predicted molar refractivity (Wildman–Crippen MR) is 114 cm³/mol. The van der Waals surface area contributed by atoms with E-state index in [1.165, 1.54) is 12.1 Å². The maximum absolute atomic E-state index is 13.6. The smallest absolute Gasteiger partial charge is 0.254 e. The molecular formula is C23H30FN3O2. The first-order valence-corrected chi connectivity index (χ1v) is 10.1. The summed E-state index contributed by atoms with van der Waals surface area (Å²) in [7, 11) is 4.00. The van der Waals surface area contributed by atoms with E-state index in [4.69, 9.17) is 4.74 Å². The summed E-state index contributed by atoms with van der Waals surface area (Å²) in [5, 5.41) is 0. The van der Waals surface area contributed by atoms with Crippen LogP contribution in [0.3, 0.4) is 0 Å². The molecular weight excluding hydrogens is 369 g/mol. The molecule has 1 fully saturated rings. The number of nitrogens with zero attached hydrogens (tertiary/aromatic N) is 3. The number of carbonyl (C=O) groups excluding carboxylic acids is 1. The van der Waals surface area contributed by atoms with Crippen molar-refractivity contribution in [2.45, 2.75) is 13.0 Å². The van der Waals surface area contributed by atoms with Gasteiger partial charge in [-0.3, -0.25) is 9.69 Å². The Labute approximate surface area is 172 Å². The van der Waals surface area contributed by atoms with Crippen molar-refractivity contribution in [1.82, 2.24) is 9.80 Å². The van der Waals surface area contributed by atoms with Gasteiger partial charge < -0.3 is 14.5 Å². The highest BCUT2D eigenvalue weighted by atomic mass is 19.1. The Morgan fingerprint density at radius 2 is 1.83 bits per heavy atom. The summed E-state index contributed by atoms with van der Waals surface area (Å²) in [6, 6.07) is 14.1. The maximum atomic E-state index is 13.6. The molecule has 0 bridgehead atoms. The molecule has 2 aromatic carbocycles. The second kappa shape index (κ2) is 10.4. The number of anilines is 1. The van der Waals surface area contributed by atoms with E-state index in [1.807, 2.05) is 48.2 Å². The maximum Gasteiger partial charge on any atom is 0.254 e. The van der Waals surface area contributed by atoms with Gasteiger partial charge in [0.2, 0.25) is 0 Å². The van der Waals surface area contributed by atoms with Crippen molar-refractivity contribution in [3.05, 3.63) is 65.5 Å². The average molecular weight is 400 g/mol. The van der Waals surface area contributed by atoms with Crippen molar-refractivity contribution in [3.63, 3.8) is 0 Å². The van der Waals surface area contributed by atoms with Crippen molar-refractivity contribution in [1.29, 1.82) is 0 Å². The lowest BCUT2D eigenvalue weighted by molar-refractivity contribution is 0.0355. The van der Waals surface area contributed by atoms with Gasteiger partial charge in [0, 0.05) is 58.1 Å². The lowest BCUT2D eigenvalue weighted by Crippen LogP contribution is -2.39. The van der Waals surface area contributed by atoms with Gasteiger partial charge in [0.1, 0.15) is 5.82 Å². The van der Waals surface area contributed by atoms with E-state index in [1.54, 1.807) is 12.1 Å². The van der Waals surface area contributed by atoms with Crippen LogP contribution >= 0.6 is 0 Å². The summed E-state index contributed by atoms with van der Waals surface area (Å²) in [6.45, 7) is 5.46. The van der Waals surface area contributed by atoms with Crippen molar-refractivity contribution >= 4 is 11.6 Å². The molecule has 0 radical (unpaired) electrons. The molecule has 1 aliphatic rings. The zero-order chi connectivity index (χ0) is 20.6. The minimum atomic E-state index is -0.389. The summed E-state index contributed by atoms with van der Waals surface area (Å²) in [6.07, 6.45) is 0.872. The van der Waals surface area contributed by atoms with Crippen LogP contribution in [-0.2, 0) is 11.3 Å². The molecule has 1 saturated heterocycles. The summed E-state index contributed by atoms with van der Waals surface area (Å²) >= 11 is 0. The number of rotatable bonds is 8. The minimum Gasteiger partial charge on any atom is -0.379 e. The first-order valence-electron chi connectivity index (χ1n) is 10.1. The number of benzene rings is 2. The van der Waals surface area contributed by atoms with Gasteiger partial charge in [0.15, 0.2) is 0 Å². The lowest BCUT2D eigenvalue weighted by atomic mass is 10.1. The number of halogens is 1. The van der Waals surface area contributed by atoms with Gasteiger partial charge in [-0.1, -0.05) is 18.2 Å². The Bertz CT molecular complexity index is 789. The zero-order valence-electron chi connectivity index (χ0n) is 17.3. The third-order valence-electron chi connectivity index (χ3n) is 5.19. The molecule has 1 aliphatic heterocycles. The number of hydrogen-bond acceptors (Lipinski definition) is 4. The SMILES string of the molecule is CN(C)c1ccc(CN(CCCN2CCOCC2)C(=O)c2cccc(F)c2)cc1. The third kappa shape index (κ3) is 6.27. The Kier molecular flexibility index (Phi) is 7.61. The van der Waals surface area contributed by atoms with Crippen LogP contribution < -0.4 is 4.90 Å². The summed E-state index contributed by atoms with van der Waals surface area (Å²) < 4.78 is 19.0. The van der Waals surface area contributed by atoms with Crippen LogP contribution in [0.5, 0.6) is 0 Å². The molecule has 156 valence electrons. The molecule has 5 nitrogen and oxygen atoms in total. The van der Waals surface area contributed by atoms with E-state index in [2.05, 4.69) is 4.90 Å². The summed E-state index contributed by atoms with van der Waals surface area (Å²) in [5.41, 5.74) is 2.57. The van der Waals surface area contributed by atoms with E-state index >= 15 is 0 Å². The lowest BCUT2D eigenvalue weighted by Gasteiger charge is -2.28. The fourth-order valence-corrected chi connectivity index (χ4v) is 3.49. The van der Waals surface area contributed by atoms with Gasteiger partial charge >= 0.3 is 0 Å². The van der Waals surface area contributed by atoms with Gasteiger partial charge in [0.25, 0.3) is 5.91 Å². The molecule has 2 aromatic rings. The Balaban J connectivity index is 1.68. The molecule has 0 spiro atoms. The molecule has 6 heteroatoms. The van der Waals surface area contributed by atoms with Crippen LogP contribution in [0.25, 0.3) is 0 Å². The van der Waals surface area contributed by atoms with Crippen LogP contribution in [0.2, 0.25) is 0 Å². The first-order chi connectivity index (χ1) is 14.0. The number of hydrogen-bond donors (Lipinski definition) is 0. The second-order valence-corrected chi connectivity index (χ2v) is 7.61. The molecule has 0 aromatic heterocycles. The van der Waals surface area contributed by atoms with Gasteiger partial charge in [-0.25, -0.2) is 4.39 Å². The van der Waals surface area contributed by atoms with Crippen molar-refractivity contribution in [2.24, 2.45) is 0 Å². The number of morpholine rings is 1. The zero-order valence-corrected chi connectivity index (χ0v) is 17.3. The monoisotopic (exact) mass is 399 g/mol. The van der Waals surface area contributed by atoms with Gasteiger partial charge in [-0.05, 0) is 42.3 Å². The van der Waals surface area contributed by atoms with Crippen LogP contribution in [0.1, 0.15) is 22.3 Å². The Morgan fingerprint density at radius 1 is 1.10 bits per heavy atom. The predicted octanol–water partition coefficient (Wildman–Crippen LogP) is 3.26. The minimum absolute atomic E-state index is 0.136. The average Bonchev–Trinajstić information content (AvgIpc) is 2.73. The Morgan fingerprint density at radius 3 is 2.48 bits per heavy atom. The molecule has 0 atom stereocenters. The number of amides is 1. The highest BCUT2D eigenvalue weighted by Gasteiger charge is 2.18. The van der Waals surface area contributed by atoms with Crippen LogP contribution in [0.15, 0.2) is 48.5 Å². The fourth-order valence-electron chi connectivity index (χ4n) is 3.49. The fraction of sp³-hybridized carbons (Fsp3) is 0.435. The summed E-state index contributed by atoms with van der Waals surface area (Å²) in [5.74, 6) is -0.525. The van der Waals surface area contributed by atoms with Crippen molar-refractivity contribution in [3.8, 4) is 0 Å². The molecule has 1 amide bonds. The topological polar surface area (TPSA) is 36.0 Å². The van der Waals surface area contributed by atoms with E-state index in [-0.39, 0.29) is 11.7 Å². The molecule has 0 aliphatic carbocycles. The standard InChI is InChI=1S/C23H30FN3O2/c1-25(2)22-9-7-19(8-10-22)18-27(12-4-11-26-13-15-29-16-14-26)23(28)20-5-3-6-21(24)17-20/h3,5-10,17H,4,11-16,18H2,1-2H3. The molecule has 0 N–H and O–H groups in total. The molecule has 1 heterocycles. The quantitative estimate of drug-likeness (QED) is 0.683. The summed E-state index contributed by atoms with van der Waals surface area (Å²) in [4.78, 5) is 19.3. The van der Waals surface area contributed by atoms with E-state index < -0.39 is 0 Å². The molecule has 0 saturated carbocycles. The molecule has 3 rings (SSSR count). The van der Waals surface area contributed by atoms with Gasteiger partial charge in [-0.2, -0.15) is 0 Å². The largest absolute Gasteiger partial charge is 0.379 e. The highest BCUT2D eigenvalue weighted by Crippen LogP contribution is 2.16. The van der Waals surface area contributed by atoms with Crippen molar-refractivity contribution in [2.75, 3.05) is 58.4 Å². The van der Waals surface area contributed by atoms with Gasteiger partial charge in [0.05, 0.1) is 13.2 Å². The van der Waals surface area contributed by atoms with Crippen LogP contribution in [0.4, 0.5) is 10.1 Å². The molecule has 0 unspecified atom stereocenters. The Hall–Kier alpha value is -2.44. The van der Waals surface area contributed by atoms with Crippen molar-refractivity contribution < 1.29 is 13.9 Å². The third-order valence-corrected chi connectivity index (χ3v) is 5.19. The first kappa shape index (κ1) is 21.3. The molecule has 29 heavy (non-hydrogen) atoms. The van der Waals surface area contributed by atoms with Crippen LogP contribution in [-0.4, -0.2) is 69.2 Å². The van der Waals surface area contributed by atoms with Crippen LogP contribution in [0, 0.1) is 5.82 Å².